The molecule has 3 aromatic carbocycles. The van der Waals surface area contributed by atoms with Gasteiger partial charge in [-0.15, -0.1) is 0 Å². The Balaban J connectivity index is 1.41. The highest BCUT2D eigenvalue weighted by Gasteiger charge is 2.38. The van der Waals surface area contributed by atoms with E-state index in [2.05, 4.69) is 0 Å². The molecule has 172 valence electrons. The predicted octanol–water partition coefficient (Wildman–Crippen LogP) is 5.85. The molecule has 6 heteroatoms. The molecule has 0 aromatic heterocycles. The van der Waals surface area contributed by atoms with Crippen LogP contribution in [0.4, 0.5) is 0 Å². The predicted molar refractivity (Wildman–Crippen MR) is 124 cm³/mol. The number of methoxy groups -OCH3 is 1. The van der Waals surface area contributed by atoms with Crippen LogP contribution in [0.3, 0.4) is 0 Å². The second kappa shape index (κ2) is 10.4. The smallest absolute Gasteiger partial charge is 0.333 e. The van der Waals surface area contributed by atoms with Crippen LogP contribution in [0.5, 0.6) is 23.0 Å². The first kappa shape index (κ1) is 22.7. The molecule has 33 heavy (non-hydrogen) atoms. The van der Waals surface area contributed by atoms with Crippen LogP contribution in [0.25, 0.3) is 0 Å². The Hall–Kier alpha value is -3.51. The monoisotopic (exact) mass is 448 g/mol. The van der Waals surface area contributed by atoms with Crippen molar-refractivity contribution in [2.24, 2.45) is 0 Å². The molecule has 0 radical (unpaired) electrons. The molecule has 3 aromatic rings. The zero-order valence-electron chi connectivity index (χ0n) is 18.6. The van der Waals surface area contributed by atoms with E-state index >= 15 is 0 Å². The standard InChI is InChI=1S/C27H28O6/c1-30-25(26(28)29)19-20-9-11-23(12-10-20)32-27(17-5-6-18-27)33-24-15-13-22(14-16-24)31-21-7-3-2-4-8-21/h2-4,7-16,25H,5-6,17-19H2,1H3,(H,28,29). The highest BCUT2D eigenvalue weighted by atomic mass is 16.7. The summed E-state index contributed by atoms with van der Waals surface area (Å²) in [5.74, 6) is 1.23. The SMILES string of the molecule is COC(Cc1ccc(OC2(Oc3ccc(Oc4ccccc4)cc3)CCCC2)cc1)C(=O)O. The van der Waals surface area contributed by atoms with Gasteiger partial charge in [-0.3, -0.25) is 0 Å². The van der Waals surface area contributed by atoms with Crippen molar-refractivity contribution in [1.82, 2.24) is 0 Å². The number of aliphatic carboxylic acids is 1. The number of benzene rings is 3. The van der Waals surface area contributed by atoms with E-state index in [1.807, 2.05) is 78.9 Å². The van der Waals surface area contributed by atoms with Gasteiger partial charge in [0.1, 0.15) is 23.0 Å². The first-order valence-corrected chi connectivity index (χ1v) is 11.1. The maximum Gasteiger partial charge on any atom is 0.333 e. The molecule has 0 spiro atoms. The van der Waals surface area contributed by atoms with E-state index in [4.69, 9.17) is 24.1 Å². The number of para-hydroxylation sites is 1. The molecule has 0 aliphatic heterocycles. The highest BCUT2D eigenvalue weighted by Crippen LogP contribution is 2.37. The van der Waals surface area contributed by atoms with Crippen molar-refractivity contribution < 1.29 is 28.8 Å². The van der Waals surface area contributed by atoms with Crippen molar-refractivity contribution in [1.29, 1.82) is 0 Å². The van der Waals surface area contributed by atoms with Crippen molar-refractivity contribution in [3.05, 3.63) is 84.4 Å². The first-order chi connectivity index (χ1) is 16.0. The van der Waals surface area contributed by atoms with E-state index in [0.717, 1.165) is 48.5 Å². The van der Waals surface area contributed by atoms with Crippen LogP contribution in [0.1, 0.15) is 31.2 Å². The minimum Gasteiger partial charge on any atom is -0.479 e. The number of ether oxygens (including phenoxy) is 4. The van der Waals surface area contributed by atoms with Gasteiger partial charge < -0.3 is 24.1 Å². The molecule has 0 saturated heterocycles. The van der Waals surface area contributed by atoms with Gasteiger partial charge in [-0.1, -0.05) is 30.3 Å². The molecule has 1 aliphatic carbocycles. The number of carbonyl (C=O) groups is 1. The molecular weight excluding hydrogens is 420 g/mol. The molecule has 1 N–H and O–H groups in total. The molecule has 1 atom stereocenters. The van der Waals surface area contributed by atoms with Gasteiger partial charge in [-0.25, -0.2) is 4.79 Å². The third kappa shape index (κ3) is 6.05. The third-order valence-corrected chi connectivity index (χ3v) is 5.68. The maximum absolute atomic E-state index is 11.2. The van der Waals surface area contributed by atoms with Crippen LogP contribution in [-0.2, 0) is 16.0 Å². The molecule has 1 aliphatic rings. The Kier molecular flexibility index (Phi) is 7.15. The van der Waals surface area contributed by atoms with E-state index in [0.29, 0.717) is 12.2 Å². The van der Waals surface area contributed by atoms with E-state index < -0.39 is 17.9 Å². The number of carboxylic acids is 1. The summed E-state index contributed by atoms with van der Waals surface area (Å²) < 4.78 is 23.5. The fraction of sp³-hybridized carbons (Fsp3) is 0.296. The van der Waals surface area contributed by atoms with Gasteiger partial charge in [0.25, 0.3) is 5.79 Å². The molecule has 0 amide bonds. The lowest BCUT2D eigenvalue weighted by Gasteiger charge is -2.31. The Labute approximate surface area is 193 Å². The zero-order valence-corrected chi connectivity index (χ0v) is 18.6. The topological polar surface area (TPSA) is 74.2 Å². The van der Waals surface area contributed by atoms with E-state index in [1.165, 1.54) is 7.11 Å². The van der Waals surface area contributed by atoms with Crippen molar-refractivity contribution in [3.63, 3.8) is 0 Å². The summed E-state index contributed by atoms with van der Waals surface area (Å²) in [6, 6.07) is 24.6. The summed E-state index contributed by atoms with van der Waals surface area (Å²) in [7, 11) is 1.40. The van der Waals surface area contributed by atoms with Gasteiger partial charge in [-0.2, -0.15) is 0 Å². The molecule has 6 nitrogen and oxygen atoms in total. The van der Waals surface area contributed by atoms with Crippen LogP contribution in [-0.4, -0.2) is 30.1 Å². The molecule has 1 fully saturated rings. The van der Waals surface area contributed by atoms with Gasteiger partial charge >= 0.3 is 5.97 Å². The van der Waals surface area contributed by atoms with Crippen molar-refractivity contribution in [2.45, 2.75) is 44.0 Å². The average Bonchev–Trinajstić information content (AvgIpc) is 3.28. The van der Waals surface area contributed by atoms with Gasteiger partial charge in [-0.05, 0) is 66.9 Å². The Bertz CT molecular complexity index is 1020. The lowest BCUT2D eigenvalue weighted by atomic mass is 10.1. The average molecular weight is 449 g/mol. The van der Waals surface area contributed by atoms with Crippen LogP contribution in [0.15, 0.2) is 78.9 Å². The van der Waals surface area contributed by atoms with E-state index in [1.54, 1.807) is 0 Å². The van der Waals surface area contributed by atoms with Gasteiger partial charge in [0.15, 0.2) is 6.10 Å². The van der Waals surface area contributed by atoms with Crippen molar-refractivity contribution >= 4 is 5.97 Å². The fourth-order valence-corrected chi connectivity index (χ4v) is 3.95. The minimum absolute atomic E-state index is 0.297. The summed E-state index contributed by atoms with van der Waals surface area (Å²) in [4.78, 5) is 11.2. The second-order valence-corrected chi connectivity index (χ2v) is 8.12. The zero-order chi connectivity index (χ0) is 23.1. The van der Waals surface area contributed by atoms with Gasteiger partial charge in [0.2, 0.25) is 0 Å². The molecule has 4 rings (SSSR count). The van der Waals surface area contributed by atoms with Crippen LogP contribution >= 0.6 is 0 Å². The lowest BCUT2D eigenvalue weighted by molar-refractivity contribution is -0.148. The summed E-state index contributed by atoms with van der Waals surface area (Å²) >= 11 is 0. The van der Waals surface area contributed by atoms with Crippen LogP contribution in [0, 0.1) is 0 Å². The normalized spacial score (nSPS) is 15.5. The summed E-state index contributed by atoms with van der Waals surface area (Å²) in [5.41, 5.74) is 0.868. The van der Waals surface area contributed by atoms with E-state index in [-0.39, 0.29) is 0 Å². The number of hydrogen-bond acceptors (Lipinski definition) is 5. The van der Waals surface area contributed by atoms with Gasteiger partial charge in [0, 0.05) is 26.4 Å². The quantitative estimate of drug-likeness (QED) is 0.392. The number of rotatable bonds is 10. The van der Waals surface area contributed by atoms with E-state index in [9.17, 15) is 4.79 Å². The number of carboxylic acid groups (broad SMARTS) is 1. The summed E-state index contributed by atoms with van der Waals surface area (Å²) in [5, 5.41) is 9.17. The van der Waals surface area contributed by atoms with Crippen LogP contribution < -0.4 is 14.2 Å². The van der Waals surface area contributed by atoms with Crippen molar-refractivity contribution in [2.75, 3.05) is 7.11 Å². The summed E-state index contributed by atoms with van der Waals surface area (Å²) in [6.45, 7) is 0. The fourth-order valence-electron chi connectivity index (χ4n) is 3.95. The molecule has 0 heterocycles. The minimum atomic E-state index is -0.976. The molecule has 0 bridgehead atoms. The van der Waals surface area contributed by atoms with Crippen molar-refractivity contribution in [3.8, 4) is 23.0 Å². The molecular formula is C27H28O6. The van der Waals surface area contributed by atoms with Crippen LogP contribution in [0.2, 0.25) is 0 Å². The second-order valence-electron chi connectivity index (χ2n) is 8.12. The first-order valence-electron chi connectivity index (χ1n) is 11.1. The maximum atomic E-state index is 11.2. The Morgan fingerprint density at radius 2 is 1.33 bits per heavy atom. The largest absolute Gasteiger partial charge is 0.479 e. The Morgan fingerprint density at radius 1 is 0.818 bits per heavy atom. The molecule has 1 unspecified atom stereocenters. The molecule has 1 saturated carbocycles. The third-order valence-electron chi connectivity index (χ3n) is 5.68. The Morgan fingerprint density at radius 3 is 1.88 bits per heavy atom. The lowest BCUT2D eigenvalue weighted by Crippen LogP contribution is -2.39. The number of hydrogen-bond donors (Lipinski definition) is 1. The summed E-state index contributed by atoms with van der Waals surface area (Å²) in [6.07, 6.45) is 3.08. The highest BCUT2D eigenvalue weighted by molar-refractivity contribution is 5.72. The van der Waals surface area contributed by atoms with Gasteiger partial charge in [0.05, 0.1) is 0 Å².